The second kappa shape index (κ2) is 4.52. The van der Waals surface area contributed by atoms with Crippen LogP contribution in [0.25, 0.3) is 11.0 Å². The van der Waals surface area contributed by atoms with Gasteiger partial charge in [0.25, 0.3) is 0 Å². The summed E-state index contributed by atoms with van der Waals surface area (Å²) in [7, 11) is 0. The molecule has 4 nitrogen and oxygen atoms in total. The molecule has 0 radical (unpaired) electrons. The second-order valence-electron chi connectivity index (χ2n) is 5.21. The number of Topliss-reactive ketones (excluding diaryl/α,β-unsaturated/α-hetero) is 1. The van der Waals surface area contributed by atoms with Crippen LogP contribution in [0, 0.1) is 11.8 Å². The topological polar surface area (TPSA) is 58.6 Å². The van der Waals surface area contributed by atoms with Crippen LogP contribution in [-0.4, -0.2) is 20.7 Å². The minimum atomic E-state index is 0.103. The van der Waals surface area contributed by atoms with Gasteiger partial charge >= 0.3 is 0 Å². The quantitative estimate of drug-likeness (QED) is 0.825. The van der Waals surface area contributed by atoms with E-state index in [4.69, 9.17) is 0 Å². The van der Waals surface area contributed by atoms with Gasteiger partial charge in [-0.1, -0.05) is 26.2 Å². The number of aromatic amines is 1. The summed E-state index contributed by atoms with van der Waals surface area (Å²) in [6, 6.07) is 1.91. The minimum Gasteiger partial charge on any atom is -0.346 e. The van der Waals surface area contributed by atoms with Crippen LogP contribution in [0.2, 0.25) is 0 Å². The first kappa shape index (κ1) is 11.4. The number of H-pyrrole nitrogens is 1. The molecule has 1 aliphatic carbocycles. The number of nitrogens with zero attached hydrogens (tertiary/aromatic N) is 2. The monoisotopic (exact) mass is 243 g/mol. The molecule has 18 heavy (non-hydrogen) atoms. The number of ketones is 1. The van der Waals surface area contributed by atoms with Gasteiger partial charge in [0, 0.05) is 23.7 Å². The molecule has 0 amide bonds. The highest BCUT2D eigenvalue weighted by atomic mass is 16.1. The van der Waals surface area contributed by atoms with Gasteiger partial charge in [-0.05, 0) is 18.4 Å². The van der Waals surface area contributed by atoms with Gasteiger partial charge in [-0.25, -0.2) is 9.97 Å². The van der Waals surface area contributed by atoms with Gasteiger partial charge in [-0.15, -0.1) is 0 Å². The van der Waals surface area contributed by atoms with Crippen molar-refractivity contribution in [3.63, 3.8) is 0 Å². The molecule has 0 aliphatic heterocycles. The summed E-state index contributed by atoms with van der Waals surface area (Å²) in [4.78, 5) is 24.0. The fraction of sp³-hybridized carbons (Fsp3) is 0.500. The number of carbonyl (C=O) groups is 1. The molecule has 1 aliphatic rings. The molecule has 2 heterocycles. The lowest BCUT2D eigenvalue weighted by Gasteiger charge is -2.26. The third-order valence-electron chi connectivity index (χ3n) is 3.97. The molecular weight excluding hydrogens is 226 g/mol. The van der Waals surface area contributed by atoms with Crippen molar-refractivity contribution in [1.29, 1.82) is 0 Å². The fourth-order valence-electron chi connectivity index (χ4n) is 2.83. The Kier molecular flexibility index (Phi) is 2.86. The summed E-state index contributed by atoms with van der Waals surface area (Å²) >= 11 is 0. The van der Waals surface area contributed by atoms with Gasteiger partial charge in [0.15, 0.2) is 5.82 Å². The number of rotatable bonds is 2. The molecule has 0 bridgehead atoms. The molecule has 1 saturated carbocycles. The largest absolute Gasteiger partial charge is 0.346 e. The van der Waals surface area contributed by atoms with Crippen molar-refractivity contribution in [2.75, 3.05) is 0 Å². The third-order valence-corrected chi connectivity index (χ3v) is 3.97. The zero-order valence-corrected chi connectivity index (χ0v) is 10.5. The molecule has 4 heteroatoms. The van der Waals surface area contributed by atoms with E-state index in [9.17, 15) is 4.79 Å². The van der Waals surface area contributed by atoms with Crippen molar-refractivity contribution in [2.45, 2.75) is 32.6 Å². The number of aromatic nitrogens is 3. The third kappa shape index (κ3) is 1.92. The van der Waals surface area contributed by atoms with Gasteiger partial charge in [0.2, 0.25) is 5.78 Å². The lowest BCUT2D eigenvalue weighted by Crippen LogP contribution is -2.26. The van der Waals surface area contributed by atoms with Crippen LogP contribution in [0.5, 0.6) is 0 Å². The molecule has 2 aromatic heterocycles. The molecule has 0 spiro atoms. The Morgan fingerprint density at radius 3 is 3.06 bits per heavy atom. The normalized spacial score (nSPS) is 24.3. The first-order chi connectivity index (χ1) is 8.75. The van der Waals surface area contributed by atoms with Crippen LogP contribution < -0.4 is 0 Å². The average Bonchev–Trinajstić information content (AvgIpc) is 2.85. The zero-order valence-electron chi connectivity index (χ0n) is 10.5. The number of carbonyl (C=O) groups excluding carboxylic acids is 1. The molecule has 0 saturated heterocycles. The van der Waals surface area contributed by atoms with Gasteiger partial charge < -0.3 is 4.98 Å². The van der Waals surface area contributed by atoms with Crippen LogP contribution in [-0.2, 0) is 0 Å². The lowest BCUT2D eigenvalue weighted by atomic mass is 9.78. The molecule has 1 fully saturated rings. The Morgan fingerprint density at radius 1 is 1.39 bits per heavy atom. The van der Waals surface area contributed by atoms with E-state index < -0.39 is 0 Å². The van der Waals surface area contributed by atoms with Crippen molar-refractivity contribution in [3.8, 4) is 0 Å². The van der Waals surface area contributed by atoms with Crippen molar-refractivity contribution < 1.29 is 4.79 Å². The van der Waals surface area contributed by atoms with E-state index in [1.165, 1.54) is 6.42 Å². The highest BCUT2D eigenvalue weighted by molar-refractivity contribution is 5.96. The molecule has 0 aromatic carbocycles. The summed E-state index contributed by atoms with van der Waals surface area (Å²) in [5.74, 6) is 1.03. The minimum absolute atomic E-state index is 0.103. The summed E-state index contributed by atoms with van der Waals surface area (Å²) in [5, 5.41) is 0.947. The predicted molar refractivity (Wildman–Crippen MR) is 69.3 cm³/mol. The zero-order chi connectivity index (χ0) is 12.5. The molecule has 1 N–H and O–H groups in total. The smallest absolute Gasteiger partial charge is 0.203 e. The van der Waals surface area contributed by atoms with Crippen molar-refractivity contribution >= 4 is 16.8 Å². The van der Waals surface area contributed by atoms with Gasteiger partial charge in [0.05, 0.1) is 0 Å². The summed E-state index contributed by atoms with van der Waals surface area (Å²) in [6.45, 7) is 2.16. The first-order valence-corrected chi connectivity index (χ1v) is 6.60. The SMILES string of the molecule is CC1CCCCC1C(=O)c1ncc2cc[nH]c2n1. The van der Waals surface area contributed by atoms with E-state index in [1.54, 1.807) is 6.20 Å². The van der Waals surface area contributed by atoms with Crippen LogP contribution >= 0.6 is 0 Å². The van der Waals surface area contributed by atoms with E-state index >= 15 is 0 Å². The Morgan fingerprint density at radius 2 is 2.22 bits per heavy atom. The number of hydrogen-bond donors (Lipinski definition) is 1. The Labute approximate surface area is 106 Å². The molecular formula is C14H17N3O. The van der Waals surface area contributed by atoms with Gasteiger partial charge in [-0.2, -0.15) is 0 Å². The molecule has 94 valence electrons. The van der Waals surface area contributed by atoms with Crippen molar-refractivity contribution in [2.24, 2.45) is 11.8 Å². The molecule has 3 rings (SSSR count). The van der Waals surface area contributed by atoms with E-state index in [0.29, 0.717) is 11.7 Å². The Hall–Kier alpha value is -1.71. The van der Waals surface area contributed by atoms with Gasteiger partial charge in [-0.3, -0.25) is 4.79 Å². The summed E-state index contributed by atoms with van der Waals surface area (Å²) in [5.41, 5.74) is 0.747. The molecule has 2 unspecified atom stereocenters. The Bertz CT molecular complexity index is 575. The molecule has 2 atom stereocenters. The Balaban J connectivity index is 1.90. The van der Waals surface area contributed by atoms with Crippen molar-refractivity contribution in [3.05, 3.63) is 24.3 Å². The van der Waals surface area contributed by atoms with Gasteiger partial charge in [0.1, 0.15) is 5.65 Å². The first-order valence-electron chi connectivity index (χ1n) is 6.60. The predicted octanol–water partition coefficient (Wildman–Crippen LogP) is 2.97. The van der Waals surface area contributed by atoms with E-state index in [2.05, 4.69) is 21.9 Å². The van der Waals surface area contributed by atoms with Crippen LogP contribution in [0.3, 0.4) is 0 Å². The van der Waals surface area contributed by atoms with E-state index in [0.717, 1.165) is 30.3 Å². The lowest BCUT2D eigenvalue weighted by molar-refractivity contribution is 0.0826. The number of hydrogen-bond acceptors (Lipinski definition) is 3. The van der Waals surface area contributed by atoms with E-state index in [-0.39, 0.29) is 11.7 Å². The fourth-order valence-corrected chi connectivity index (χ4v) is 2.83. The second-order valence-corrected chi connectivity index (χ2v) is 5.21. The highest BCUT2D eigenvalue weighted by Gasteiger charge is 2.30. The number of nitrogens with one attached hydrogen (secondary N) is 1. The maximum Gasteiger partial charge on any atom is 0.203 e. The average molecular weight is 243 g/mol. The molecule has 2 aromatic rings. The summed E-state index contributed by atoms with van der Waals surface area (Å²) < 4.78 is 0. The highest BCUT2D eigenvalue weighted by Crippen LogP contribution is 2.31. The van der Waals surface area contributed by atoms with E-state index in [1.807, 2.05) is 12.3 Å². The van der Waals surface area contributed by atoms with Crippen molar-refractivity contribution in [1.82, 2.24) is 15.0 Å². The van der Waals surface area contributed by atoms with Crippen LogP contribution in [0.4, 0.5) is 0 Å². The number of fused-ring (bicyclic) bond motifs is 1. The van der Waals surface area contributed by atoms with Crippen LogP contribution in [0.15, 0.2) is 18.5 Å². The maximum absolute atomic E-state index is 12.4. The van der Waals surface area contributed by atoms with Crippen LogP contribution in [0.1, 0.15) is 43.2 Å². The standard InChI is InChI=1S/C14H17N3O/c1-9-4-2-3-5-11(9)12(18)14-16-8-10-6-7-15-13(10)17-14/h6-9,11H,2-5H2,1H3,(H,15,16,17). The summed E-state index contributed by atoms with van der Waals surface area (Å²) in [6.07, 6.45) is 8.04. The maximum atomic E-state index is 12.4.